The van der Waals surface area contributed by atoms with Crippen molar-refractivity contribution in [1.82, 2.24) is 5.32 Å². The van der Waals surface area contributed by atoms with Gasteiger partial charge in [0.1, 0.15) is 0 Å². The molecule has 1 fully saturated rings. The van der Waals surface area contributed by atoms with Crippen molar-refractivity contribution in [3.8, 4) is 0 Å². The molecule has 66 valence electrons. The van der Waals surface area contributed by atoms with Crippen molar-refractivity contribution in [2.45, 2.75) is 6.10 Å². The first-order valence-corrected chi connectivity index (χ1v) is 5.05. The Labute approximate surface area is 71.2 Å². The fraction of sp³-hybridized carbons (Fsp3) is 1.00. The standard InChI is InChI=1S/C7H15NO2S/c9-3-7(10)5-11-4-6-1-8-2-6/h6-10H,1-5H2. The summed E-state index contributed by atoms with van der Waals surface area (Å²) in [6, 6.07) is 0. The number of hydrogen-bond donors (Lipinski definition) is 3. The Balaban J connectivity index is 1.86. The van der Waals surface area contributed by atoms with Gasteiger partial charge in [-0.3, -0.25) is 0 Å². The van der Waals surface area contributed by atoms with Crippen LogP contribution in [0.25, 0.3) is 0 Å². The van der Waals surface area contributed by atoms with Gasteiger partial charge >= 0.3 is 0 Å². The zero-order valence-electron chi connectivity index (χ0n) is 6.49. The third-order valence-corrected chi connectivity index (χ3v) is 3.07. The van der Waals surface area contributed by atoms with Crippen molar-refractivity contribution >= 4 is 11.8 Å². The van der Waals surface area contributed by atoms with E-state index in [0.29, 0.717) is 5.75 Å². The summed E-state index contributed by atoms with van der Waals surface area (Å²) in [7, 11) is 0. The molecule has 1 unspecified atom stereocenters. The van der Waals surface area contributed by atoms with Crippen molar-refractivity contribution in [3.63, 3.8) is 0 Å². The lowest BCUT2D eigenvalue weighted by Crippen LogP contribution is -2.43. The molecule has 0 aromatic carbocycles. The minimum Gasteiger partial charge on any atom is -0.394 e. The van der Waals surface area contributed by atoms with Gasteiger partial charge in [0.25, 0.3) is 0 Å². The van der Waals surface area contributed by atoms with Crippen molar-refractivity contribution < 1.29 is 10.2 Å². The fourth-order valence-electron chi connectivity index (χ4n) is 0.890. The lowest BCUT2D eigenvalue weighted by Gasteiger charge is -2.26. The van der Waals surface area contributed by atoms with Gasteiger partial charge in [0.05, 0.1) is 12.7 Å². The van der Waals surface area contributed by atoms with Gasteiger partial charge in [-0.15, -0.1) is 0 Å². The summed E-state index contributed by atoms with van der Waals surface area (Å²) in [6.45, 7) is 2.11. The van der Waals surface area contributed by atoms with Crippen LogP contribution in [-0.2, 0) is 0 Å². The monoisotopic (exact) mass is 177 g/mol. The quantitative estimate of drug-likeness (QED) is 0.519. The molecule has 1 rings (SSSR count). The second-order valence-electron chi connectivity index (χ2n) is 2.90. The van der Waals surface area contributed by atoms with E-state index in [0.717, 1.165) is 24.8 Å². The Kier molecular flexibility index (Phi) is 4.22. The first-order valence-electron chi connectivity index (χ1n) is 3.90. The summed E-state index contributed by atoms with van der Waals surface area (Å²) in [4.78, 5) is 0. The molecule has 4 heteroatoms. The van der Waals surface area contributed by atoms with Gasteiger partial charge in [-0.05, 0) is 24.8 Å². The maximum Gasteiger partial charge on any atom is 0.0861 e. The molecule has 3 nitrogen and oxygen atoms in total. The Hall–Kier alpha value is 0.230. The Morgan fingerprint density at radius 1 is 1.55 bits per heavy atom. The molecule has 3 N–H and O–H groups in total. The van der Waals surface area contributed by atoms with Gasteiger partial charge in [0.15, 0.2) is 0 Å². The third-order valence-electron chi connectivity index (χ3n) is 1.74. The molecule has 0 aromatic heterocycles. The highest BCUT2D eigenvalue weighted by Gasteiger charge is 2.16. The van der Waals surface area contributed by atoms with E-state index >= 15 is 0 Å². The van der Waals surface area contributed by atoms with Crippen LogP contribution < -0.4 is 5.32 Å². The van der Waals surface area contributed by atoms with E-state index in [4.69, 9.17) is 10.2 Å². The maximum atomic E-state index is 8.98. The van der Waals surface area contributed by atoms with E-state index < -0.39 is 6.10 Å². The molecule has 11 heavy (non-hydrogen) atoms. The molecule has 0 aliphatic carbocycles. The first-order chi connectivity index (χ1) is 5.33. The fourth-order valence-corrected chi connectivity index (χ4v) is 1.97. The Morgan fingerprint density at radius 2 is 2.27 bits per heavy atom. The maximum absolute atomic E-state index is 8.98. The number of aliphatic hydroxyl groups excluding tert-OH is 2. The molecular weight excluding hydrogens is 162 g/mol. The predicted molar refractivity (Wildman–Crippen MR) is 46.8 cm³/mol. The smallest absolute Gasteiger partial charge is 0.0861 e. The van der Waals surface area contributed by atoms with Crippen molar-refractivity contribution in [1.29, 1.82) is 0 Å². The molecule has 0 radical (unpaired) electrons. The van der Waals surface area contributed by atoms with E-state index in [1.807, 2.05) is 0 Å². The minimum absolute atomic E-state index is 0.115. The normalized spacial score (nSPS) is 21.3. The van der Waals surface area contributed by atoms with Crippen LogP contribution in [0.4, 0.5) is 0 Å². The highest BCUT2D eigenvalue weighted by molar-refractivity contribution is 7.99. The van der Waals surface area contributed by atoms with Gasteiger partial charge in [0.2, 0.25) is 0 Å². The van der Waals surface area contributed by atoms with Gasteiger partial charge in [-0.2, -0.15) is 11.8 Å². The van der Waals surface area contributed by atoms with Crippen LogP contribution >= 0.6 is 11.8 Å². The molecule has 0 spiro atoms. The lowest BCUT2D eigenvalue weighted by molar-refractivity contribution is 0.113. The number of aliphatic hydroxyl groups is 2. The van der Waals surface area contributed by atoms with Crippen molar-refractivity contribution in [3.05, 3.63) is 0 Å². The second kappa shape index (κ2) is 4.98. The summed E-state index contributed by atoms with van der Waals surface area (Å²) >= 11 is 1.72. The Morgan fingerprint density at radius 3 is 2.73 bits per heavy atom. The minimum atomic E-state index is -0.534. The average Bonchev–Trinajstić information content (AvgIpc) is 1.94. The molecule has 0 bridgehead atoms. The summed E-state index contributed by atoms with van der Waals surface area (Å²) in [5.41, 5.74) is 0. The van der Waals surface area contributed by atoms with Crippen LogP contribution in [0.2, 0.25) is 0 Å². The molecule has 1 saturated heterocycles. The van der Waals surface area contributed by atoms with Crippen LogP contribution in [-0.4, -0.2) is 47.5 Å². The molecule has 1 aliphatic heterocycles. The van der Waals surface area contributed by atoms with E-state index in [2.05, 4.69) is 5.32 Å². The van der Waals surface area contributed by atoms with Crippen LogP contribution in [0.15, 0.2) is 0 Å². The molecule has 0 saturated carbocycles. The van der Waals surface area contributed by atoms with E-state index in [1.54, 1.807) is 11.8 Å². The van der Waals surface area contributed by atoms with Crippen molar-refractivity contribution in [2.24, 2.45) is 5.92 Å². The highest BCUT2D eigenvalue weighted by atomic mass is 32.2. The van der Waals surface area contributed by atoms with Crippen LogP contribution in [0.1, 0.15) is 0 Å². The average molecular weight is 177 g/mol. The summed E-state index contributed by atoms with van der Waals surface area (Å²) in [5, 5.41) is 20.7. The SMILES string of the molecule is OCC(O)CSCC1CNC1. The highest BCUT2D eigenvalue weighted by Crippen LogP contribution is 2.12. The van der Waals surface area contributed by atoms with Gasteiger partial charge < -0.3 is 15.5 Å². The van der Waals surface area contributed by atoms with Crippen molar-refractivity contribution in [2.75, 3.05) is 31.2 Å². The number of nitrogens with one attached hydrogen (secondary N) is 1. The van der Waals surface area contributed by atoms with Crippen LogP contribution in [0.5, 0.6) is 0 Å². The first kappa shape index (κ1) is 9.32. The largest absolute Gasteiger partial charge is 0.394 e. The van der Waals surface area contributed by atoms with Gasteiger partial charge in [-0.1, -0.05) is 0 Å². The second-order valence-corrected chi connectivity index (χ2v) is 3.97. The van der Waals surface area contributed by atoms with E-state index in [1.165, 1.54) is 0 Å². The molecule has 1 heterocycles. The van der Waals surface area contributed by atoms with E-state index in [9.17, 15) is 0 Å². The Bertz CT molecular complexity index is 104. The van der Waals surface area contributed by atoms with Gasteiger partial charge in [0, 0.05) is 5.75 Å². The van der Waals surface area contributed by atoms with E-state index in [-0.39, 0.29) is 6.61 Å². The number of thioether (sulfide) groups is 1. The molecular formula is C7H15NO2S. The number of rotatable bonds is 5. The predicted octanol–water partition coefficient (Wildman–Crippen LogP) is -0.708. The molecule has 1 atom stereocenters. The summed E-state index contributed by atoms with van der Waals surface area (Å²) in [5.74, 6) is 2.54. The zero-order valence-corrected chi connectivity index (χ0v) is 7.31. The zero-order chi connectivity index (χ0) is 8.10. The number of hydrogen-bond acceptors (Lipinski definition) is 4. The summed E-state index contributed by atoms with van der Waals surface area (Å²) in [6.07, 6.45) is -0.534. The lowest BCUT2D eigenvalue weighted by atomic mass is 10.1. The van der Waals surface area contributed by atoms with Crippen LogP contribution in [0.3, 0.4) is 0 Å². The molecule has 1 aliphatic rings. The topological polar surface area (TPSA) is 52.5 Å². The van der Waals surface area contributed by atoms with Gasteiger partial charge in [-0.25, -0.2) is 0 Å². The summed E-state index contributed by atoms with van der Waals surface area (Å²) < 4.78 is 0. The molecule has 0 amide bonds. The van der Waals surface area contributed by atoms with Crippen LogP contribution in [0, 0.1) is 5.92 Å². The molecule has 0 aromatic rings. The third kappa shape index (κ3) is 3.42.